The molecule has 0 bridgehead atoms. The van der Waals surface area contributed by atoms with Gasteiger partial charge in [-0.2, -0.15) is 0 Å². The second-order valence-electron chi connectivity index (χ2n) is 7.76. The third kappa shape index (κ3) is 13.5. The predicted octanol–water partition coefficient (Wildman–Crippen LogP) is 7.65. The van der Waals surface area contributed by atoms with Crippen LogP contribution in [0.5, 0.6) is 0 Å². The smallest absolute Gasteiger partial charge is 0.0630 e. The number of hydrogen-bond donors (Lipinski definition) is 3. The fraction of sp³-hybridized carbons (Fsp3) is 0.387. The highest BCUT2D eigenvalue weighted by atomic mass is 14.9. The molecule has 1 aliphatic heterocycles. The van der Waals surface area contributed by atoms with E-state index in [1.165, 1.54) is 29.3 Å². The summed E-state index contributed by atoms with van der Waals surface area (Å²) in [6.07, 6.45) is 10.5. The quantitative estimate of drug-likeness (QED) is 0.359. The van der Waals surface area contributed by atoms with Crippen molar-refractivity contribution in [1.29, 1.82) is 0 Å². The summed E-state index contributed by atoms with van der Waals surface area (Å²) in [6, 6.07) is 9.19. The van der Waals surface area contributed by atoms with Crippen molar-refractivity contribution in [2.75, 3.05) is 14.1 Å². The Kier molecular flexibility index (Phi) is 20.0. The molecule has 1 aromatic carbocycles. The van der Waals surface area contributed by atoms with Crippen LogP contribution in [0.25, 0.3) is 5.57 Å². The predicted molar refractivity (Wildman–Crippen MR) is 160 cm³/mol. The van der Waals surface area contributed by atoms with Crippen LogP contribution in [0.3, 0.4) is 0 Å². The molecule has 0 aliphatic carbocycles. The third-order valence-corrected chi connectivity index (χ3v) is 5.17. The van der Waals surface area contributed by atoms with Gasteiger partial charge < -0.3 is 16.8 Å². The second-order valence-corrected chi connectivity index (χ2v) is 7.76. The van der Waals surface area contributed by atoms with Gasteiger partial charge in [0.1, 0.15) is 0 Å². The number of nitrogens with two attached hydrogens (primary N) is 2. The van der Waals surface area contributed by atoms with Crippen LogP contribution in [0.2, 0.25) is 0 Å². The summed E-state index contributed by atoms with van der Waals surface area (Å²) in [5.74, 6) is 0. The molecule has 0 fully saturated rings. The normalized spacial score (nSPS) is 14.4. The fourth-order valence-electron chi connectivity index (χ4n) is 3.13. The molecule has 0 amide bonds. The molecule has 1 atom stereocenters. The summed E-state index contributed by atoms with van der Waals surface area (Å²) in [6.45, 7) is 23.9. The first-order valence-electron chi connectivity index (χ1n) is 12.5. The molecular weight excluding hydrogens is 428 g/mol. The molecule has 0 saturated carbocycles. The largest absolute Gasteiger partial charge is 0.402 e. The molecule has 4 heteroatoms. The Hall–Kier alpha value is -2.95. The van der Waals surface area contributed by atoms with E-state index >= 15 is 0 Å². The number of aliphatic imine (C=N–C) groups is 1. The molecule has 0 unspecified atom stereocenters. The molecule has 0 radical (unpaired) electrons. The lowest BCUT2D eigenvalue weighted by atomic mass is 9.99. The summed E-state index contributed by atoms with van der Waals surface area (Å²) < 4.78 is 0. The van der Waals surface area contributed by atoms with Gasteiger partial charge >= 0.3 is 0 Å². The molecule has 5 N–H and O–H groups in total. The molecule has 194 valence electrons. The molecule has 0 spiro atoms. The zero-order valence-electron chi connectivity index (χ0n) is 23.5. The zero-order chi connectivity index (χ0) is 27.4. The standard InChI is InChI=1S/C14H18N2.C14H21N.C2H6.CH5N/c1-5-13-8-12(10(2)3)9-14(16-13)7-6-11(4)15;1-5-11(3)12-7-9-13(10-8-12)14(6-2)15-4;2*1-2/h5-8H,1-2,9,15H2,3-4H3;7-10,14-15H,3,5-6H2,1-2,4H3;1-2H3;2H2,1H3/b11-6+,14-7+;;;/t;14-;;/m.0../s1. The lowest BCUT2D eigenvalue weighted by Crippen LogP contribution is -2.14. The average molecular weight is 479 g/mol. The van der Waals surface area contributed by atoms with Crippen molar-refractivity contribution in [1.82, 2.24) is 5.32 Å². The summed E-state index contributed by atoms with van der Waals surface area (Å²) in [5.41, 5.74) is 18.8. The molecule has 1 heterocycles. The number of dihydropyridines is 1. The van der Waals surface area contributed by atoms with E-state index in [2.05, 4.69) is 73.9 Å². The fourth-order valence-corrected chi connectivity index (χ4v) is 3.13. The maximum atomic E-state index is 5.59. The van der Waals surface area contributed by atoms with Gasteiger partial charge in [-0.15, -0.1) is 0 Å². The molecule has 4 nitrogen and oxygen atoms in total. The molecule has 1 aromatic rings. The minimum Gasteiger partial charge on any atom is -0.402 e. The summed E-state index contributed by atoms with van der Waals surface area (Å²) in [5, 5.41) is 3.31. The number of hydrogen-bond acceptors (Lipinski definition) is 4. The van der Waals surface area contributed by atoms with Crippen molar-refractivity contribution in [3.63, 3.8) is 0 Å². The van der Waals surface area contributed by atoms with Crippen molar-refractivity contribution in [3.05, 3.63) is 102 Å². The minimum absolute atomic E-state index is 0.467. The Morgan fingerprint density at radius 3 is 2.09 bits per heavy atom. The highest BCUT2D eigenvalue weighted by molar-refractivity contribution is 6.05. The van der Waals surface area contributed by atoms with Crippen LogP contribution < -0.4 is 16.8 Å². The van der Waals surface area contributed by atoms with Gasteiger partial charge in [-0.3, -0.25) is 4.99 Å². The summed E-state index contributed by atoms with van der Waals surface area (Å²) in [7, 11) is 3.51. The van der Waals surface area contributed by atoms with Crippen LogP contribution in [0.4, 0.5) is 0 Å². The number of rotatable bonds is 8. The van der Waals surface area contributed by atoms with Crippen molar-refractivity contribution < 1.29 is 0 Å². The van der Waals surface area contributed by atoms with Crippen LogP contribution in [0.1, 0.15) is 78.0 Å². The van der Waals surface area contributed by atoms with Crippen LogP contribution in [-0.4, -0.2) is 19.8 Å². The van der Waals surface area contributed by atoms with E-state index in [0.29, 0.717) is 6.04 Å². The SMILES string of the molecule is C=C(CC)c1ccc([C@H](CC)NC)cc1.C=CC1=N/C(=C/C=C(\C)N)CC(C(=C)C)=C1.CC.CN. The first kappa shape index (κ1) is 34.2. The molecule has 35 heavy (non-hydrogen) atoms. The zero-order valence-corrected chi connectivity index (χ0v) is 23.5. The Bertz CT molecular complexity index is 888. The molecule has 2 rings (SSSR count). The topological polar surface area (TPSA) is 76.4 Å². The van der Waals surface area contributed by atoms with Gasteiger partial charge in [0.25, 0.3) is 0 Å². The van der Waals surface area contributed by atoms with E-state index in [-0.39, 0.29) is 0 Å². The van der Waals surface area contributed by atoms with Crippen LogP contribution >= 0.6 is 0 Å². The average Bonchev–Trinajstić information content (AvgIpc) is 2.90. The van der Waals surface area contributed by atoms with E-state index in [9.17, 15) is 0 Å². The molecule has 0 aromatic heterocycles. The van der Waals surface area contributed by atoms with Gasteiger partial charge in [0.2, 0.25) is 0 Å². The number of nitrogens with one attached hydrogen (secondary N) is 1. The Balaban J connectivity index is 0. The Labute approximate surface area is 216 Å². The van der Waals surface area contributed by atoms with E-state index in [1.54, 1.807) is 6.08 Å². The second kappa shape index (κ2) is 20.4. The Morgan fingerprint density at radius 1 is 1.11 bits per heavy atom. The number of allylic oxidation sites excluding steroid dienone is 8. The number of nitrogens with zero attached hydrogens (tertiary/aromatic N) is 1. The summed E-state index contributed by atoms with van der Waals surface area (Å²) in [4.78, 5) is 4.45. The first-order chi connectivity index (χ1) is 16.7. The van der Waals surface area contributed by atoms with Crippen LogP contribution in [0, 0.1) is 0 Å². The van der Waals surface area contributed by atoms with Crippen LogP contribution in [0.15, 0.2) is 95.8 Å². The van der Waals surface area contributed by atoms with Crippen molar-refractivity contribution in [3.8, 4) is 0 Å². The number of benzene rings is 1. The maximum Gasteiger partial charge on any atom is 0.0630 e. The van der Waals surface area contributed by atoms with Gasteiger partial charge in [0.05, 0.1) is 5.71 Å². The monoisotopic (exact) mass is 478 g/mol. The van der Waals surface area contributed by atoms with E-state index in [1.807, 2.05) is 53.0 Å². The van der Waals surface area contributed by atoms with Gasteiger partial charge in [-0.1, -0.05) is 77.3 Å². The lowest BCUT2D eigenvalue weighted by Gasteiger charge is -2.14. The van der Waals surface area contributed by atoms with Crippen molar-refractivity contribution >= 4 is 11.3 Å². The highest BCUT2D eigenvalue weighted by Crippen LogP contribution is 2.24. The molecule has 0 saturated heterocycles. The lowest BCUT2D eigenvalue weighted by molar-refractivity contribution is 0.577. The minimum atomic E-state index is 0.467. The van der Waals surface area contributed by atoms with E-state index in [4.69, 9.17) is 5.73 Å². The van der Waals surface area contributed by atoms with Gasteiger partial charge in [-0.25, -0.2) is 0 Å². The molecule has 1 aliphatic rings. The van der Waals surface area contributed by atoms with E-state index < -0.39 is 0 Å². The van der Waals surface area contributed by atoms with Crippen molar-refractivity contribution in [2.45, 2.75) is 66.8 Å². The van der Waals surface area contributed by atoms with Gasteiger partial charge in [0, 0.05) is 23.9 Å². The van der Waals surface area contributed by atoms with Gasteiger partial charge in [0.15, 0.2) is 0 Å². The maximum absolute atomic E-state index is 5.59. The first-order valence-corrected chi connectivity index (χ1v) is 12.5. The van der Waals surface area contributed by atoms with E-state index in [0.717, 1.165) is 41.9 Å². The molecular formula is C31H50N4. The van der Waals surface area contributed by atoms with Crippen LogP contribution in [-0.2, 0) is 0 Å². The highest BCUT2D eigenvalue weighted by Gasteiger charge is 2.09. The van der Waals surface area contributed by atoms with Crippen molar-refractivity contribution in [2.24, 2.45) is 16.5 Å². The Morgan fingerprint density at radius 2 is 1.69 bits per heavy atom. The summed E-state index contributed by atoms with van der Waals surface area (Å²) >= 11 is 0. The van der Waals surface area contributed by atoms with Gasteiger partial charge in [-0.05, 0) is 87.4 Å². The third-order valence-electron chi connectivity index (χ3n) is 5.17.